The van der Waals surface area contributed by atoms with Gasteiger partial charge in [-0.05, 0) is 36.4 Å². The molecule has 0 atom stereocenters. The number of furan rings is 1. The number of carbonyl (C=O) groups is 1. The molecule has 4 aromatic rings. The molecule has 24 heavy (non-hydrogen) atoms. The van der Waals surface area contributed by atoms with Crippen LogP contribution in [0.4, 0.5) is 0 Å². The minimum Gasteiger partial charge on any atom is -0.497 e. The Balaban J connectivity index is 1.89. The highest BCUT2D eigenvalue weighted by molar-refractivity contribution is 5.93. The maximum atomic E-state index is 11.1. The van der Waals surface area contributed by atoms with E-state index in [2.05, 4.69) is 4.98 Å². The summed E-state index contributed by atoms with van der Waals surface area (Å²) < 4.78 is 13.0. The van der Waals surface area contributed by atoms with Gasteiger partial charge in [0.1, 0.15) is 11.3 Å². The number of benzene rings is 2. The molecule has 0 fully saturated rings. The van der Waals surface area contributed by atoms with Crippen LogP contribution in [0.15, 0.2) is 46.9 Å². The number of hydrogen-bond donors (Lipinski definition) is 1. The van der Waals surface area contributed by atoms with Crippen LogP contribution in [0.25, 0.3) is 33.6 Å². The number of ether oxygens (including phenoxy) is 1. The van der Waals surface area contributed by atoms with Crippen LogP contribution in [-0.2, 0) is 7.05 Å². The number of aromatic nitrogens is 2. The first-order chi connectivity index (χ1) is 11.6. The van der Waals surface area contributed by atoms with Gasteiger partial charge in [-0.25, -0.2) is 9.78 Å². The highest BCUT2D eigenvalue weighted by Gasteiger charge is 2.16. The summed E-state index contributed by atoms with van der Waals surface area (Å²) in [4.78, 5) is 15.7. The van der Waals surface area contributed by atoms with Crippen LogP contribution >= 0.6 is 0 Å². The first-order valence-corrected chi connectivity index (χ1v) is 7.34. The normalized spacial score (nSPS) is 11.2. The smallest absolute Gasteiger partial charge is 0.335 e. The van der Waals surface area contributed by atoms with E-state index >= 15 is 0 Å². The fourth-order valence-electron chi connectivity index (χ4n) is 2.80. The quantitative estimate of drug-likeness (QED) is 0.622. The molecule has 2 aromatic heterocycles. The third kappa shape index (κ3) is 2.11. The zero-order valence-electron chi connectivity index (χ0n) is 13.1. The molecule has 0 saturated heterocycles. The third-order valence-electron chi connectivity index (χ3n) is 4.08. The molecule has 0 saturated carbocycles. The van der Waals surface area contributed by atoms with Gasteiger partial charge in [0.05, 0.1) is 23.7 Å². The van der Waals surface area contributed by atoms with Gasteiger partial charge in [0.25, 0.3) is 0 Å². The Morgan fingerprint density at radius 1 is 1.21 bits per heavy atom. The molecule has 2 aromatic carbocycles. The number of carboxylic acids is 1. The van der Waals surface area contributed by atoms with Crippen molar-refractivity contribution in [2.24, 2.45) is 7.05 Å². The molecule has 1 N–H and O–H groups in total. The Kier molecular flexibility index (Phi) is 3.06. The topological polar surface area (TPSA) is 77.5 Å². The lowest BCUT2D eigenvalue weighted by Gasteiger charge is -1.99. The third-order valence-corrected chi connectivity index (χ3v) is 4.08. The molecule has 4 rings (SSSR count). The summed E-state index contributed by atoms with van der Waals surface area (Å²) in [6, 6.07) is 12.4. The number of aryl methyl sites for hydroxylation is 1. The highest BCUT2D eigenvalue weighted by atomic mass is 16.5. The Morgan fingerprint density at radius 2 is 2.04 bits per heavy atom. The predicted octanol–water partition coefficient (Wildman–Crippen LogP) is 3.69. The average Bonchev–Trinajstić information content (AvgIpc) is 3.14. The zero-order chi connectivity index (χ0) is 16.8. The lowest BCUT2D eigenvalue weighted by Crippen LogP contribution is -1.95. The molecule has 0 amide bonds. The van der Waals surface area contributed by atoms with Gasteiger partial charge in [-0.1, -0.05) is 0 Å². The number of methoxy groups -OCH3 is 1. The number of fused-ring (bicyclic) bond motifs is 2. The van der Waals surface area contributed by atoms with Crippen molar-refractivity contribution in [3.8, 4) is 17.3 Å². The molecule has 120 valence electrons. The molecule has 0 bridgehead atoms. The SMILES string of the molecule is COc1ccc2cc(-c3nc4cc(C(=O)O)ccc4n3C)oc2c1. The van der Waals surface area contributed by atoms with Crippen LogP contribution < -0.4 is 4.74 Å². The van der Waals surface area contributed by atoms with Gasteiger partial charge in [0.15, 0.2) is 11.6 Å². The minimum atomic E-state index is -0.972. The van der Waals surface area contributed by atoms with E-state index in [4.69, 9.17) is 14.3 Å². The number of imidazole rings is 1. The lowest BCUT2D eigenvalue weighted by atomic mass is 10.2. The standard InChI is InChI=1S/C18H14N2O4/c1-20-14-6-4-11(18(21)22)7-13(14)19-17(20)16-8-10-3-5-12(23-2)9-15(10)24-16/h3-9H,1-2H3,(H,21,22). The summed E-state index contributed by atoms with van der Waals surface area (Å²) in [5.74, 6) is 1.01. The molecule has 0 spiro atoms. The molecule has 0 aliphatic heterocycles. The first kappa shape index (κ1) is 14.3. The Morgan fingerprint density at radius 3 is 2.79 bits per heavy atom. The van der Waals surface area contributed by atoms with E-state index in [1.165, 1.54) is 0 Å². The Hall–Kier alpha value is -3.28. The highest BCUT2D eigenvalue weighted by Crippen LogP contribution is 2.31. The number of carboxylic acid groups (broad SMARTS) is 1. The number of nitrogens with zero attached hydrogens (tertiary/aromatic N) is 2. The van der Waals surface area contributed by atoms with Crippen molar-refractivity contribution in [3.05, 3.63) is 48.0 Å². The van der Waals surface area contributed by atoms with Crippen molar-refractivity contribution in [1.82, 2.24) is 9.55 Å². The van der Waals surface area contributed by atoms with Crippen LogP contribution in [0.2, 0.25) is 0 Å². The van der Waals surface area contributed by atoms with Gasteiger partial charge in [0.2, 0.25) is 0 Å². The first-order valence-electron chi connectivity index (χ1n) is 7.34. The Bertz CT molecular complexity index is 1090. The summed E-state index contributed by atoms with van der Waals surface area (Å²) in [6.07, 6.45) is 0. The lowest BCUT2D eigenvalue weighted by molar-refractivity contribution is 0.0697. The second-order valence-corrected chi connectivity index (χ2v) is 5.52. The van der Waals surface area contributed by atoms with Crippen molar-refractivity contribution in [2.45, 2.75) is 0 Å². The van der Waals surface area contributed by atoms with E-state index in [9.17, 15) is 4.79 Å². The van der Waals surface area contributed by atoms with Crippen LogP contribution in [0.3, 0.4) is 0 Å². The summed E-state index contributed by atoms with van der Waals surface area (Å²) in [6.45, 7) is 0. The summed E-state index contributed by atoms with van der Waals surface area (Å²) in [7, 11) is 3.48. The molecule has 6 heteroatoms. The van der Waals surface area contributed by atoms with Gasteiger partial charge in [-0.2, -0.15) is 0 Å². The van der Waals surface area contributed by atoms with E-state index < -0.39 is 5.97 Å². The van der Waals surface area contributed by atoms with E-state index in [-0.39, 0.29) is 5.56 Å². The van der Waals surface area contributed by atoms with Gasteiger partial charge >= 0.3 is 5.97 Å². The predicted molar refractivity (Wildman–Crippen MR) is 89.4 cm³/mol. The monoisotopic (exact) mass is 322 g/mol. The minimum absolute atomic E-state index is 0.210. The van der Waals surface area contributed by atoms with Gasteiger partial charge in [0, 0.05) is 18.5 Å². The van der Waals surface area contributed by atoms with E-state index in [0.717, 1.165) is 16.7 Å². The average molecular weight is 322 g/mol. The van der Waals surface area contributed by atoms with Gasteiger partial charge in [-0.3, -0.25) is 0 Å². The molecular formula is C18H14N2O4. The van der Waals surface area contributed by atoms with E-state index in [1.54, 1.807) is 25.3 Å². The largest absolute Gasteiger partial charge is 0.497 e. The van der Waals surface area contributed by atoms with Crippen molar-refractivity contribution in [1.29, 1.82) is 0 Å². The molecule has 0 radical (unpaired) electrons. The van der Waals surface area contributed by atoms with Crippen LogP contribution in [0.5, 0.6) is 5.75 Å². The fourth-order valence-corrected chi connectivity index (χ4v) is 2.80. The number of aromatic carboxylic acids is 1. The molecule has 6 nitrogen and oxygen atoms in total. The molecular weight excluding hydrogens is 308 g/mol. The van der Waals surface area contributed by atoms with Crippen molar-refractivity contribution >= 4 is 28.0 Å². The maximum Gasteiger partial charge on any atom is 0.335 e. The van der Waals surface area contributed by atoms with Crippen LogP contribution in [0, 0.1) is 0 Å². The molecule has 0 unspecified atom stereocenters. The second-order valence-electron chi connectivity index (χ2n) is 5.52. The second kappa shape index (κ2) is 5.13. The number of hydrogen-bond acceptors (Lipinski definition) is 4. The number of rotatable bonds is 3. The Labute approximate surface area is 136 Å². The van der Waals surface area contributed by atoms with Crippen molar-refractivity contribution in [2.75, 3.05) is 7.11 Å². The fraction of sp³-hybridized carbons (Fsp3) is 0.111. The summed E-state index contributed by atoms with van der Waals surface area (Å²) in [5, 5.41) is 10.1. The summed E-state index contributed by atoms with van der Waals surface area (Å²) >= 11 is 0. The van der Waals surface area contributed by atoms with Gasteiger partial charge < -0.3 is 18.8 Å². The van der Waals surface area contributed by atoms with Crippen molar-refractivity contribution < 1.29 is 19.1 Å². The van der Waals surface area contributed by atoms with Crippen LogP contribution in [-0.4, -0.2) is 27.7 Å². The van der Waals surface area contributed by atoms with E-state index in [0.29, 0.717) is 22.7 Å². The van der Waals surface area contributed by atoms with Crippen LogP contribution in [0.1, 0.15) is 10.4 Å². The zero-order valence-corrected chi connectivity index (χ0v) is 13.1. The molecule has 2 heterocycles. The summed E-state index contributed by atoms with van der Waals surface area (Å²) in [5.41, 5.74) is 2.38. The van der Waals surface area contributed by atoms with Crippen molar-refractivity contribution in [3.63, 3.8) is 0 Å². The molecule has 0 aliphatic rings. The maximum absolute atomic E-state index is 11.1. The molecule has 0 aliphatic carbocycles. The van der Waals surface area contributed by atoms with Gasteiger partial charge in [-0.15, -0.1) is 0 Å². The van der Waals surface area contributed by atoms with E-state index in [1.807, 2.05) is 35.9 Å².